The minimum atomic E-state index is -0.147. The number of hydrogen-bond donors (Lipinski definition) is 0. The highest BCUT2D eigenvalue weighted by atomic mass is 79.9. The molecule has 0 aromatic carbocycles. The van der Waals surface area contributed by atoms with Crippen LogP contribution in [-0.4, -0.2) is 17.4 Å². The van der Waals surface area contributed by atoms with Crippen molar-refractivity contribution in [2.75, 3.05) is 6.54 Å². The number of rotatable bonds is 1. The summed E-state index contributed by atoms with van der Waals surface area (Å²) in [6, 6.07) is 0. The smallest absolute Gasteiger partial charge is 0.339 e. The van der Waals surface area contributed by atoms with Gasteiger partial charge in [-0.15, -0.1) is 0 Å². The van der Waals surface area contributed by atoms with Crippen molar-refractivity contribution in [3.8, 4) is 0 Å². The Labute approximate surface area is 115 Å². The molecule has 2 aliphatic heterocycles. The fraction of sp³-hybridized carbons (Fsp3) is 0.357. The van der Waals surface area contributed by atoms with Crippen molar-refractivity contribution in [3.05, 3.63) is 45.9 Å². The summed E-state index contributed by atoms with van der Waals surface area (Å²) < 4.78 is 6.41. The average Bonchev–Trinajstić information content (AvgIpc) is 2.67. The van der Waals surface area contributed by atoms with Crippen LogP contribution in [0.2, 0.25) is 0 Å². The minimum Gasteiger partial charge on any atom is -0.421 e. The Morgan fingerprint density at radius 3 is 2.83 bits per heavy atom. The monoisotopic (exact) mass is 307 g/mol. The molecule has 1 aliphatic carbocycles. The quantitative estimate of drug-likeness (QED) is 0.696. The molecule has 0 aromatic heterocycles. The molecule has 0 amide bonds. The summed E-state index contributed by atoms with van der Waals surface area (Å²) in [6.07, 6.45) is 12.1. The van der Waals surface area contributed by atoms with Gasteiger partial charge >= 0.3 is 5.97 Å². The third-order valence-corrected chi connectivity index (χ3v) is 3.85. The molecule has 94 valence electrons. The van der Waals surface area contributed by atoms with Crippen LogP contribution in [0.5, 0.6) is 0 Å². The lowest BCUT2D eigenvalue weighted by Crippen LogP contribution is -2.14. The molecule has 3 rings (SSSR count). The number of cyclic esters (lactones) is 1. The Bertz CT molecular complexity index is 514. The Morgan fingerprint density at radius 2 is 2.06 bits per heavy atom. The normalized spacial score (nSPS) is 25.4. The van der Waals surface area contributed by atoms with E-state index in [1.165, 1.54) is 0 Å². The van der Waals surface area contributed by atoms with Crippen molar-refractivity contribution in [2.24, 2.45) is 0 Å². The SMILES string of the molecule is O=C1OC(=CN2C=C(Br)C=CC2)C2=C1CCCC2. The molecule has 4 heteroatoms. The first kappa shape index (κ1) is 11.8. The molecule has 0 saturated carbocycles. The zero-order chi connectivity index (χ0) is 12.5. The largest absolute Gasteiger partial charge is 0.421 e. The van der Waals surface area contributed by atoms with Gasteiger partial charge in [0.1, 0.15) is 0 Å². The van der Waals surface area contributed by atoms with Crippen molar-refractivity contribution in [2.45, 2.75) is 25.7 Å². The maximum absolute atomic E-state index is 11.7. The van der Waals surface area contributed by atoms with E-state index in [-0.39, 0.29) is 5.97 Å². The van der Waals surface area contributed by atoms with Gasteiger partial charge < -0.3 is 9.64 Å². The van der Waals surface area contributed by atoms with Gasteiger partial charge in [-0.05, 0) is 47.7 Å². The average molecular weight is 308 g/mol. The fourth-order valence-corrected chi connectivity index (χ4v) is 2.96. The van der Waals surface area contributed by atoms with Crippen LogP contribution in [0.25, 0.3) is 0 Å². The van der Waals surface area contributed by atoms with Gasteiger partial charge in [0.2, 0.25) is 0 Å². The molecule has 18 heavy (non-hydrogen) atoms. The lowest BCUT2D eigenvalue weighted by molar-refractivity contribution is -0.133. The lowest BCUT2D eigenvalue weighted by Gasteiger charge is -2.18. The van der Waals surface area contributed by atoms with Crippen LogP contribution in [0.4, 0.5) is 0 Å². The second kappa shape index (κ2) is 4.76. The Hall–Kier alpha value is -1.29. The molecule has 0 saturated heterocycles. The van der Waals surface area contributed by atoms with Gasteiger partial charge in [0.15, 0.2) is 5.76 Å². The standard InChI is InChI=1S/C14H14BrNO2/c15-10-4-3-7-16(8-10)9-13-11-5-1-2-6-12(11)14(17)18-13/h3-4,8-9H,1-2,5-7H2. The first-order valence-electron chi connectivity index (χ1n) is 6.20. The van der Waals surface area contributed by atoms with E-state index in [0.29, 0.717) is 0 Å². The van der Waals surface area contributed by atoms with Gasteiger partial charge in [-0.1, -0.05) is 6.08 Å². The second-order valence-corrected chi connectivity index (χ2v) is 5.58. The van der Waals surface area contributed by atoms with E-state index in [4.69, 9.17) is 4.74 Å². The maximum Gasteiger partial charge on any atom is 0.339 e. The molecular weight excluding hydrogens is 294 g/mol. The lowest BCUT2D eigenvalue weighted by atomic mass is 9.92. The third-order valence-electron chi connectivity index (χ3n) is 3.38. The number of carbonyl (C=O) groups excluding carboxylic acids is 1. The highest BCUT2D eigenvalue weighted by molar-refractivity contribution is 9.11. The number of nitrogens with zero attached hydrogens (tertiary/aromatic N) is 1. The Balaban J connectivity index is 1.87. The number of hydrogen-bond acceptors (Lipinski definition) is 3. The number of allylic oxidation sites excluding steroid dienone is 3. The van der Waals surface area contributed by atoms with Gasteiger partial charge in [0.05, 0.1) is 0 Å². The summed E-state index contributed by atoms with van der Waals surface area (Å²) in [7, 11) is 0. The van der Waals surface area contributed by atoms with Crippen LogP contribution in [-0.2, 0) is 9.53 Å². The van der Waals surface area contributed by atoms with E-state index in [1.807, 2.05) is 23.4 Å². The molecule has 0 radical (unpaired) electrons. The molecule has 0 bridgehead atoms. The topological polar surface area (TPSA) is 29.5 Å². The van der Waals surface area contributed by atoms with Crippen LogP contribution in [0.3, 0.4) is 0 Å². The Morgan fingerprint density at radius 1 is 1.28 bits per heavy atom. The highest BCUT2D eigenvalue weighted by Gasteiger charge is 2.31. The molecule has 0 spiro atoms. The molecule has 2 heterocycles. The predicted octanol–water partition coefficient (Wildman–Crippen LogP) is 3.36. The summed E-state index contributed by atoms with van der Waals surface area (Å²) in [5.74, 6) is 0.591. The molecule has 0 atom stereocenters. The number of carbonyl (C=O) groups is 1. The summed E-state index contributed by atoms with van der Waals surface area (Å²) in [5, 5.41) is 0. The van der Waals surface area contributed by atoms with E-state index >= 15 is 0 Å². The van der Waals surface area contributed by atoms with Crippen LogP contribution in [0, 0.1) is 0 Å². The van der Waals surface area contributed by atoms with Gasteiger partial charge in [-0.3, -0.25) is 0 Å². The predicted molar refractivity (Wildman–Crippen MR) is 72.5 cm³/mol. The van der Waals surface area contributed by atoms with Gasteiger partial charge in [0, 0.05) is 34.6 Å². The van der Waals surface area contributed by atoms with E-state index < -0.39 is 0 Å². The van der Waals surface area contributed by atoms with E-state index in [2.05, 4.69) is 22.0 Å². The number of esters is 1. The number of halogens is 1. The molecule has 3 nitrogen and oxygen atoms in total. The first-order valence-corrected chi connectivity index (χ1v) is 6.99. The van der Waals surface area contributed by atoms with Crippen molar-refractivity contribution in [3.63, 3.8) is 0 Å². The van der Waals surface area contributed by atoms with Crippen LogP contribution < -0.4 is 0 Å². The van der Waals surface area contributed by atoms with Crippen molar-refractivity contribution in [1.82, 2.24) is 4.90 Å². The van der Waals surface area contributed by atoms with Gasteiger partial charge in [-0.2, -0.15) is 0 Å². The molecule has 0 aromatic rings. The summed E-state index contributed by atoms with van der Waals surface area (Å²) in [6.45, 7) is 0.804. The van der Waals surface area contributed by atoms with Crippen molar-refractivity contribution < 1.29 is 9.53 Å². The molecule has 0 unspecified atom stereocenters. The molecular formula is C14H14BrNO2. The van der Waals surface area contributed by atoms with Crippen molar-refractivity contribution >= 4 is 21.9 Å². The maximum atomic E-state index is 11.7. The highest BCUT2D eigenvalue weighted by Crippen LogP contribution is 2.37. The van der Waals surface area contributed by atoms with E-state index in [1.54, 1.807) is 0 Å². The molecule has 3 aliphatic rings. The number of ether oxygens (including phenoxy) is 1. The summed E-state index contributed by atoms with van der Waals surface area (Å²) in [4.78, 5) is 13.8. The van der Waals surface area contributed by atoms with Gasteiger partial charge in [-0.25, -0.2) is 4.79 Å². The van der Waals surface area contributed by atoms with Crippen molar-refractivity contribution in [1.29, 1.82) is 0 Å². The zero-order valence-corrected chi connectivity index (χ0v) is 11.6. The summed E-state index contributed by atoms with van der Waals surface area (Å²) >= 11 is 3.44. The third kappa shape index (κ3) is 2.17. The van der Waals surface area contributed by atoms with E-state index in [9.17, 15) is 4.79 Å². The fourth-order valence-electron chi connectivity index (χ4n) is 2.51. The van der Waals surface area contributed by atoms with Crippen LogP contribution in [0.15, 0.2) is 45.9 Å². The molecule has 0 N–H and O–H groups in total. The van der Waals surface area contributed by atoms with Crippen LogP contribution >= 0.6 is 15.9 Å². The second-order valence-electron chi connectivity index (χ2n) is 4.66. The summed E-state index contributed by atoms with van der Waals surface area (Å²) in [5.41, 5.74) is 2.01. The molecule has 0 fully saturated rings. The minimum absolute atomic E-state index is 0.147. The first-order chi connectivity index (χ1) is 8.74. The zero-order valence-electron chi connectivity index (χ0n) is 9.99. The van der Waals surface area contributed by atoms with Gasteiger partial charge in [0.25, 0.3) is 0 Å². The van der Waals surface area contributed by atoms with E-state index in [0.717, 1.165) is 53.6 Å². The Kier molecular flexibility index (Phi) is 3.12. The van der Waals surface area contributed by atoms with Crippen LogP contribution in [0.1, 0.15) is 25.7 Å².